The summed E-state index contributed by atoms with van der Waals surface area (Å²) < 4.78 is 50.8. The second-order valence-electron chi connectivity index (χ2n) is 10.0. The van der Waals surface area contributed by atoms with Crippen molar-refractivity contribution in [2.75, 3.05) is 24.7 Å². The molecule has 2 heterocycles. The summed E-state index contributed by atoms with van der Waals surface area (Å²) in [5, 5.41) is 9.79. The van der Waals surface area contributed by atoms with Gasteiger partial charge in [-0.2, -0.15) is 4.98 Å². The van der Waals surface area contributed by atoms with E-state index in [1.165, 1.54) is 13.0 Å². The molecule has 0 radical (unpaired) electrons. The van der Waals surface area contributed by atoms with Gasteiger partial charge in [-0.25, -0.2) is 18.8 Å². The van der Waals surface area contributed by atoms with Gasteiger partial charge in [0.1, 0.15) is 24.1 Å². The van der Waals surface area contributed by atoms with Crippen LogP contribution in [0.15, 0.2) is 17.1 Å². The maximum absolute atomic E-state index is 15.3. The SMILES string of the molecule is CC(C)OC(=O)[C@H](C)NP(=O)(OCCSC(=O)C(C)(C)C)OC[C@H]1O[C@@H](n2ccc(N)nc2=O)[C@](F)(Cl)[C@@H]1O. The highest BCUT2D eigenvalue weighted by atomic mass is 35.5. The maximum Gasteiger partial charge on any atom is 0.406 e. The molecule has 1 saturated heterocycles. The van der Waals surface area contributed by atoms with Crippen molar-refractivity contribution >= 4 is 48.0 Å². The molecule has 1 aliphatic rings. The van der Waals surface area contributed by atoms with Gasteiger partial charge in [0.05, 0.1) is 19.3 Å². The molecule has 39 heavy (non-hydrogen) atoms. The number of nitrogens with zero attached hydrogens (tertiary/aromatic N) is 2. The van der Waals surface area contributed by atoms with Crippen LogP contribution in [0.5, 0.6) is 0 Å². The van der Waals surface area contributed by atoms with Crippen molar-refractivity contribution in [2.24, 2.45) is 5.41 Å². The largest absolute Gasteiger partial charge is 0.462 e. The lowest BCUT2D eigenvalue weighted by atomic mass is 10.00. The Morgan fingerprint density at radius 1 is 1.38 bits per heavy atom. The molecule has 0 spiro atoms. The minimum Gasteiger partial charge on any atom is -0.462 e. The molecular formula is C22H35ClFN4O9PS. The Kier molecular flexibility index (Phi) is 11.5. The van der Waals surface area contributed by atoms with E-state index in [4.69, 9.17) is 35.9 Å². The van der Waals surface area contributed by atoms with Gasteiger partial charge in [-0.1, -0.05) is 44.1 Å². The van der Waals surface area contributed by atoms with Gasteiger partial charge in [0.15, 0.2) is 11.3 Å². The van der Waals surface area contributed by atoms with Crippen LogP contribution in [0.4, 0.5) is 10.2 Å². The molecule has 2 rings (SSSR count). The molecule has 4 N–H and O–H groups in total. The second kappa shape index (κ2) is 13.4. The maximum atomic E-state index is 15.3. The summed E-state index contributed by atoms with van der Waals surface area (Å²) in [6.45, 7) is 8.92. The monoisotopic (exact) mass is 616 g/mol. The van der Waals surface area contributed by atoms with E-state index in [0.29, 0.717) is 4.57 Å². The molecule has 1 aliphatic heterocycles. The number of thioether (sulfide) groups is 1. The van der Waals surface area contributed by atoms with Crippen LogP contribution in [0, 0.1) is 5.41 Å². The second-order valence-corrected chi connectivity index (χ2v) is 13.5. The lowest BCUT2D eigenvalue weighted by Gasteiger charge is -2.25. The number of anilines is 1. The highest BCUT2D eigenvalue weighted by Gasteiger charge is 2.58. The Balaban J connectivity index is 2.16. The van der Waals surface area contributed by atoms with Gasteiger partial charge in [-0.15, -0.1) is 0 Å². The first-order chi connectivity index (χ1) is 17.9. The van der Waals surface area contributed by atoms with Crippen molar-refractivity contribution in [1.29, 1.82) is 0 Å². The first-order valence-corrected chi connectivity index (χ1v) is 14.9. The zero-order valence-electron chi connectivity index (χ0n) is 22.5. The number of carbonyl (C=O) groups excluding carboxylic acids is 2. The van der Waals surface area contributed by atoms with Crippen LogP contribution in [0.3, 0.4) is 0 Å². The summed E-state index contributed by atoms with van der Waals surface area (Å²) in [7, 11) is -4.33. The number of nitrogens with two attached hydrogens (primary N) is 1. The minimum atomic E-state index is -4.33. The Labute approximate surface area is 234 Å². The van der Waals surface area contributed by atoms with Crippen molar-refractivity contribution in [3.8, 4) is 0 Å². The fourth-order valence-corrected chi connectivity index (χ4v) is 5.81. The minimum absolute atomic E-state index is 0.114. The fourth-order valence-electron chi connectivity index (χ4n) is 3.13. The molecule has 1 unspecified atom stereocenters. The highest BCUT2D eigenvalue weighted by molar-refractivity contribution is 8.13. The average Bonchev–Trinajstić information content (AvgIpc) is 3.03. The zero-order valence-corrected chi connectivity index (χ0v) is 24.9. The normalized spacial score (nSPS) is 25.8. The highest BCUT2D eigenvalue weighted by Crippen LogP contribution is 2.48. The molecule has 222 valence electrons. The quantitative estimate of drug-likeness (QED) is 0.135. The van der Waals surface area contributed by atoms with E-state index >= 15 is 4.39 Å². The van der Waals surface area contributed by atoms with Gasteiger partial charge in [-0.3, -0.25) is 23.2 Å². The predicted octanol–water partition coefficient (Wildman–Crippen LogP) is 2.37. The number of esters is 1. The molecule has 17 heteroatoms. The van der Waals surface area contributed by atoms with Gasteiger partial charge >= 0.3 is 19.4 Å². The van der Waals surface area contributed by atoms with E-state index in [-0.39, 0.29) is 23.3 Å². The van der Waals surface area contributed by atoms with E-state index in [1.807, 2.05) is 0 Å². The summed E-state index contributed by atoms with van der Waals surface area (Å²) in [5.41, 5.74) is 3.87. The molecule has 0 saturated carbocycles. The molecule has 6 atom stereocenters. The van der Waals surface area contributed by atoms with Crippen molar-refractivity contribution in [3.05, 3.63) is 22.7 Å². The average molecular weight is 617 g/mol. The molecule has 0 aliphatic carbocycles. The number of carbonyl (C=O) groups is 2. The van der Waals surface area contributed by atoms with E-state index in [9.17, 15) is 24.1 Å². The first kappa shape index (κ1) is 33.6. The van der Waals surface area contributed by atoms with Gasteiger partial charge in [-0.05, 0) is 26.8 Å². The van der Waals surface area contributed by atoms with Crippen LogP contribution in [0.25, 0.3) is 0 Å². The van der Waals surface area contributed by atoms with E-state index in [1.54, 1.807) is 34.6 Å². The van der Waals surface area contributed by atoms with Gasteiger partial charge in [0.25, 0.3) is 5.13 Å². The van der Waals surface area contributed by atoms with Crippen LogP contribution in [0.2, 0.25) is 0 Å². The van der Waals surface area contributed by atoms with Crippen LogP contribution in [-0.4, -0.2) is 74.2 Å². The number of hydrogen-bond donors (Lipinski definition) is 3. The Morgan fingerprint density at radius 3 is 2.59 bits per heavy atom. The Morgan fingerprint density at radius 2 is 2.03 bits per heavy atom. The predicted molar refractivity (Wildman–Crippen MR) is 143 cm³/mol. The van der Waals surface area contributed by atoms with Crippen molar-refractivity contribution < 1.29 is 42.2 Å². The molecule has 13 nitrogen and oxygen atoms in total. The van der Waals surface area contributed by atoms with Gasteiger partial charge in [0.2, 0.25) is 0 Å². The topological polar surface area (TPSA) is 181 Å². The Hall–Kier alpha value is -1.58. The number of aliphatic hydroxyl groups is 1. The van der Waals surface area contributed by atoms with Gasteiger partial charge < -0.3 is 20.3 Å². The fraction of sp³-hybridized carbons (Fsp3) is 0.727. The molecule has 0 amide bonds. The molecule has 0 aromatic carbocycles. The third-order valence-corrected chi connectivity index (χ3v) is 8.51. The zero-order chi connectivity index (χ0) is 29.8. The number of aliphatic hydroxyl groups excluding tert-OH is 1. The smallest absolute Gasteiger partial charge is 0.406 e. The number of alkyl halides is 2. The first-order valence-electron chi connectivity index (χ1n) is 12.0. The third-order valence-electron chi connectivity index (χ3n) is 5.14. The Bertz CT molecular complexity index is 1130. The number of aromatic nitrogens is 2. The summed E-state index contributed by atoms with van der Waals surface area (Å²) in [5.74, 6) is -0.751. The van der Waals surface area contributed by atoms with E-state index < -0.39 is 67.1 Å². The number of halogens is 2. The molecule has 1 aromatic heterocycles. The number of nitrogens with one attached hydrogen (secondary N) is 1. The van der Waals surface area contributed by atoms with Gasteiger partial charge in [0, 0.05) is 17.4 Å². The van der Waals surface area contributed by atoms with Crippen LogP contribution >= 0.6 is 31.1 Å². The third kappa shape index (κ3) is 9.22. The number of hydrogen-bond acceptors (Lipinski definition) is 12. The van der Waals surface area contributed by atoms with Crippen LogP contribution < -0.4 is 16.5 Å². The molecule has 0 bridgehead atoms. The van der Waals surface area contributed by atoms with E-state index in [0.717, 1.165) is 18.0 Å². The lowest BCUT2D eigenvalue weighted by Crippen LogP contribution is -2.41. The number of ether oxygens (including phenoxy) is 2. The van der Waals surface area contributed by atoms with Crippen molar-refractivity contribution in [3.63, 3.8) is 0 Å². The molecular weight excluding hydrogens is 582 g/mol. The standard InChI is InChI=1S/C22H35ClFN4O9PS/c1-12(2)36-17(30)13(3)27-38(33,34-9-10-39-19(31)21(4,5)6)35-11-14-16(29)22(23,24)18(37-14)28-8-7-15(25)26-20(28)32/h7-8,12-14,16,18,29H,9-11H2,1-6H3,(H,27,33)(H2,25,26,32)/t13-,14+,16+,18+,22-,38?/m0/s1. The number of rotatable bonds is 12. The summed E-state index contributed by atoms with van der Waals surface area (Å²) in [6, 6.07) is 0.0527. The molecule has 1 fully saturated rings. The summed E-state index contributed by atoms with van der Waals surface area (Å²) >= 11 is 6.85. The summed E-state index contributed by atoms with van der Waals surface area (Å²) in [6.07, 6.45) is -4.73. The van der Waals surface area contributed by atoms with Crippen LogP contribution in [-0.2, 0) is 32.7 Å². The van der Waals surface area contributed by atoms with Crippen LogP contribution in [0.1, 0.15) is 47.8 Å². The number of nitrogen functional groups attached to an aromatic ring is 1. The lowest BCUT2D eigenvalue weighted by molar-refractivity contribution is -0.149. The molecule has 1 aromatic rings. The summed E-state index contributed by atoms with van der Waals surface area (Å²) in [4.78, 5) is 40.1. The van der Waals surface area contributed by atoms with E-state index in [2.05, 4.69) is 10.1 Å². The van der Waals surface area contributed by atoms with Crippen molar-refractivity contribution in [1.82, 2.24) is 14.6 Å². The van der Waals surface area contributed by atoms with Crippen molar-refractivity contribution in [2.45, 2.75) is 77.3 Å².